The molecule has 0 spiro atoms. The Balaban J connectivity index is 3.03. The zero-order valence-electron chi connectivity index (χ0n) is 9.74. The number of hydrogen-bond acceptors (Lipinski definition) is 5. The quantitative estimate of drug-likeness (QED) is 0.510. The Morgan fingerprint density at radius 2 is 2.11 bits per heavy atom. The van der Waals surface area contributed by atoms with Gasteiger partial charge in [0, 0.05) is 12.1 Å². The molecule has 0 aromatic heterocycles. The minimum atomic E-state index is -1.39. The molecule has 0 saturated carbocycles. The van der Waals surface area contributed by atoms with E-state index in [-0.39, 0.29) is 11.3 Å². The van der Waals surface area contributed by atoms with E-state index in [1.54, 1.807) is 6.92 Å². The summed E-state index contributed by atoms with van der Waals surface area (Å²) in [6.45, 7) is 1.64. The van der Waals surface area contributed by atoms with Gasteiger partial charge in [-0.3, -0.25) is 14.9 Å². The van der Waals surface area contributed by atoms with Gasteiger partial charge in [0.2, 0.25) is 5.91 Å². The van der Waals surface area contributed by atoms with Crippen LogP contribution < -0.4 is 5.73 Å². The Morgan fingerprint density at radius 1 is 1.50 bits per heavy atom. The summed E-state index contributed by atoms with van der Waals surface area (Å²) in [5, 5.41) is 30.0. The molecule has 1 amide bonds. The summed E-state index contributed by atoms with van der Waals surface area (Å²) < 4.78 is 0. The van der Waals surface area contributed by atoms with Crippen molar-refractivity contribution in [3.05, 3.63) is 39.4 Å². The molecule has 7 heteroatoms. The lowest BCUT2D eigenvalue weighted by Crippen LogP contribution is -2.26. The number of rotatable bonds is 5. The topological polar surface area (TPSA) is 127 Å². The molecule has 0 fully saturated rings. The molecule has 18 heavy (non-hydrogen) atoms. The molecular weight excluding hydrogens is 240 g/mol. The van der Waals surface area contributed by atoms with Crippen molar-refractivity contribution in [1.82, 2.24) is 0 Å². The fourth-order valence-electron chi connectivity index (χ4n) is 1.59. The Bertz CT molecular complexity index is 475. The van der Waals surface area contributed by atoms with Gasteiger partial charge in [0.1, 0.15) is 6.10 Å². The molecule has 2 unspecified atom stereocenters. The number of benzene rings is 1. The predicted molar refractivity (Wildman–Crippen MR) is 62.6 cm³/mol. The number of aliphatic hydroxyl groups is 2. The average Bonchev–Trinajstić information content (AvgIpc) is 2.27. The van der Waals surface area contributed by atoms with Gasteiger partial charge in [-0.2, -0.15) is 0 Å². The normalized spacial score (nSPS) is 13.9. The van der Waals surface area contributed by atoms with Crippen molar-refractivity contribution in [3.63, 3.8) is 0 Å². The van der Waals surface area contributed by atoms with E-state index in [2.05, 4.69) is 0 Å². The van der Waals surface area contributed by atoms with Crippen LogP contribution in [0.3, 0.4) is 0 Å². The maximum Gasteiger partial charge on any atom is 0.269 e. The van der Waals surface area contributed by atoms with E-state index in [9.17, 15) is 25.1 Å². The maximum absolute atomic E-state index is 10.6. The summed E-state index contributed by atoms with van der Waals surface area (Å²) in [6.07, 6.45) is -3.19. The van der Waals surface area contributed by atoms with Crippen molar-refractivity contribution < 1.29 is 19.9 Å². The van der Waals surface area contributed by atoms with Crippen LogP contribution in [0.4, 0.5) is 5.69 Å². The van der Waals surface area contributed by atoms with Crippen LogP contribution in [0.5, 0.6) is 0 Å². The number of hydrogen-bond donors (Lipinski definition) is 3. The lowest BCUT2D eigenvalue weighted by atomic mass is 9.97. The van der Waals surface area contributed by atoms with Crippen LogP contribution in [-0.2, 0) is 4.79 Å². The second-order valence-corrected chi connectivity index (χ2v) is 3.98. The number of nitrogens with zero attached hydrogens (tertiary/aromatic N) is 1. The van der Waals surface area contributed by atoms with E-state index >= 15 is 0 Å². The molecule has 1 aromatic rings. The summed E-state index contributed by atoms with van der Waals surface area (Å²) in [5.74, 6) is -0.760. The molecule has 0 aliphatic carbocycles. The lowest BCUT2D eigenvalue weighted by molar-refractivity contribution is -0.385. The molecule has 1 aromatic carbocycles. The monoisotopic (exact) mass is 254 g/mol. The largest absolute Gasteiger partial charge is 0.390 e. The number of nitro groups is 1. The van der Waals surface area contributed by atoms with Crippen LogP contribution in [0.25, 0.3) is 0 Å². The highest BCUT2D eigenvalue weighted by atomic mass is 16.6. The number of non-ortho nitro benzene ring substituents is 1. The molecule has 0 aliphatic rings. The van der Waals surface area contributed by atoms with Crippen molar-refractivity contribution in [2.24, 2.45) is 5.73 Å². The molecule has 0 heterocycles. The van der Waals surface area contributed by atoms with E-state index in [1.807, 2.05) is 0 Å². The van der Waals surface area contributed by atoms with Crippen molar-refractivity contribution >= 4 is 11.6 Å². The van der Waals surface area contributed by atoms with Crippen LogP contribution in [0.2, 0.25) is 0 Å². The van der Waals surface area contributed by atoms with E-state index in [0.717, 1.165) is 0 Å². The molecular formula is C11H14N2O5. The molecule has 1 rings (SSSR count). The zero-order chi connectivity index (χ0) is 13.9. The van der Waals surface area contributed by atoms with Gasteiger partial charge in [0.15, 0.2) is 0 Å². The van der Waals surface area contributed by atoms with E-state index in [4.69, 9.17) is 5.73 Å². The second kappa shape index (κ2) is 5.56. The molecule has 98 valence electrons. The number of carbonyl (C=O) groups excluding carboxylic acids is 1. The molecule has 2 atom stereocenters. The predicted octanol–water partition coefficient (Wildman–Crippen LogP) is 0.173. The van der Waals surface area contributed by atoms with E-state index in [1.165, 1.54) is 18.2 Å². The molecule has 0 saturated heterocycles. The minimum absolute atomic E-state index is 0.194. The highest BCUT2D eigenvalue weighted by Crippen LogP contribution is 2.26. The summed E-state index contributed by atoms with van der Waals surface area (Å²) in [6, 6.07) is 3.93. The van der Waals surface area contributed by atoms with Crippen LogP contribution in [0, 0.1) is 17.0 Å². The van der Waals surface area contributed by atoms with E-state index in [0.29, 0.717) is 5.56 Å². The maximum atomic E-state index is 10.6. The fourth-order valence-corrected chi connectivity index (χ4v) is 1.59. The van der Waals surface area contributed by atoms with Gasteiger partial charge in [0.25, 0.3) is 5.69 Å². The zero-order valence-corrected chi connectivity index (χ0v) is 9.74. The molecule has 4 N–H and O–H groups in total. The third-order valence-corrected chi connectivity index (χ3v) is 2.57. The van der Waals surface area contributed by atoms with Crippen LogP contribution in [0.15, 0.2) is 18.2 Å². The van der Waals surface area contributed by atoms with Gasteiger partial charge in [0.05, 0.1) is 17.4 Å². The first-order valence-corrected chi connectivity index (χ1v) is 5.22. The molecule has 0 bridgehead atoms. The second-order valence-electron chi connectivity index (χ2n) is 3.98. The number of primary amides is 1. The van der Waals surface area contributed by atoms with Gasteiger partial charge in [-0.25, -0.2) is 0 Å². The first kappa shape index (κ1) is 14.1. The third kappa shape index (κ3) is 3.25. The summed E-state index contributed by atoms with van der Waals surface area (Å²) in [7, 11) is 0. The van der Waals surface area contributed by atoms with E-state index < -0.39 is 29.5 Å². The van der Waals surface area contributed by atoms with Gasteiger partial charge < -0.3 is 15.9 Å². The highest BCUT2D eigenvalue weighted by molar-refractivity contribution is 5.74. The smallest absolute Gasteiger partial charge is 0.269 e. The van der Waals surface area contributed by atoms with Crippen molar-refractivity contribution in [3.8, 4) is 0 Å². The number of aliphatic hydroxyl groups excluding tert-OH is 2. The summed E-state index contributed by atoms with van der Waals surface area (Å²) in [5.41, 5.74) is 5.50. The SMILES string of the molecule is Cc1ccc([N+](=O)[O-])cc1C(O)C(O)CC(N)=O. The number of nitro benzene ring substituents is 1. The highest BCUT2D eigenvalue weighted by Gasteiger charge is 2.23. The first-order chi connectivity index (χ1) is 8.32. The molecule has 0 aliphatic heterocycles. The Morgan fingerprint density at radius 3 is 2.61 bits per heavy atom. The number of nitrogens with two attached hydrogens (primary N) is 1. The fraction of sp³-hybridized carbons (Fsp3) is 0.364. The number of aryl methyl sites for hydroxylation is 1. The number of carbonyl (C=O) groups is 1. The average molecular weight is 254 g/mol. The van der Waals surface area contributed by atoms with Crippen molar-refractivity contribution in [2.75, 3.05) is 0 Å². The summed E-state index contributed by atoms with van der Waals surface area (Å²) in [4.78, 5) is 20.7. The van der Waals surface area contributed by atoms with Gasteiger partial charge in [-0.05, 0) is 18.1 Å². The first-order valence-electron chi connectivity index (χ1n) is 5.22. The van der Waals surface area contributed by atoms with Gasteiger partial charge >= 0.3 is 0 Å². The van der Waals surface area contributed by atoms with Crippen LogP contribution in [-0.4, -0.2) is 27.1 Å². The molecule has 7 nitrogen and oxygen atoms in total. The lowest BCUT2D eigenvalue weighted by Gasteiger charge is -2.18. The van der Waals surface area contributed by atoms with Crippen molar-refractivity contribution in [2.45, 2.75) is 25.6 Å². The van der Waals surface area contributed by atoms with Crippen molar-refractivity contribution in [1.29, 1.82) is 0 Å². The third-order valence-electron chi connectivity index (χ3n) is 2.57. The van der Waals surface area contributed by atoms with Crippen LogP contribution >= 0.6 is 0 Å². The van der Waals surface area contributed by atoms with Gasteiger partial charge in [-0.15, -0.1) is 0 Å². The molecule has 0 radical (unpaired) electrons. The summed E-state index contributed by atoms with van der Waals surface area (Å²) >= 11 is 0. The Kier molecular flexibility index (Phi) is 4.35. The minimum Gasteiger partial charge on any atom is -0.390 e. The Labute approximate surface area is 103 Å². The Hall–Kier alpha value is -1.99. The standard InChI is InChI=1S/C11H14N2O5/c1-6-2-3-7(13(17)18)4-8(6)11(16)9(14)5-10(12)15/h2-4,9,11,14,16H,5H2,1H3,(H2,12,15). The number of amides is 1. The van der Waals surface area contributed by atoms with Crippen LogP contribution in [0.1, 0.15) is 23.7 Å². The van der Waals surface area contributed by atoms with Gasteiger partial charge in [-0.1, -0.05) is 6.07 Å².